The van der Waals surface area contributed by atoms with Crippen LogP contribution in [0.5, 0.6) is 5.75 Å². The van der Waals surface area contributed by atoms with Gasteiger partial charge in [-0.15, -0.1) is 0 Å². The van der Waals surface area contributed by atoms with Crippen LogP contribution in [0.1, 0.15) is 57.9 Å². The minimum atomic E-state index is -1.24. The number of benzene rings is 1. The predicted molar refractivity (Wildman–Crippen MR) is 144 cm³/mol. The normalized spacial score (nSPS) is 14.8. The van der Waals surface area contributed by atoms with Gasteiger partial charge in [0.25, 0.3) is 0 Å². The first-order valence-electron chi connectivity index (χ1n) is 13.0. The van der Waals surface area contributed by atoms with E-state index in [-0.39, 0.29) is 37.4 Å². The first kappa shape index (κ1) is 33.3. The van der Waals surface area contributed by atoms with E-state index in [1.807, 2.05) is 6.92 Å². The minimum Gasteiger partial charge on any atom is -0.508 e. The summed E-state index contributed by atoms with van der Waals surface area (Å²) in [6, 6.07) is 1.34. The molecule has 0 fully saturated rings. The molecule has 11 N–H and O–H groups in total. The quantitative estimate of drug-likeness (QED) is 0.107. The number of nitrogens with one attached hydrogen (secondary N) is 3. The van der Waals surface area contributed by atoms with Gasteiger partial charge >= 0.3 is 5.97 Å². The Morgan fingerprint density at radius 2 is 1.44 bits per heavy atom. The molecule has 1 aromatic rings. The molecule has 0 saturated carbocycles. The predicted octanol–water partition coefficient (Wildman–Crippen LogP) is -0.758. The van der Waals surface area contributed by atoms with Crippen molar-refractivity contribution in [2.24, 2.45) is 23.1 Å². The molecule has 1 aromatic carbocycles. The number of hydrogen-bond donors (Lipinski definition) is 8. The van der Waals surface area contributed by atoms with Gasteiger partial charge in [0.15, 0.2) is 0 Å². The lowest BCUT2D eigenvalue weighted by molar-refractivity contribution is -0.142. The van der Waals surface area contributed by atoms with Crippen molar-refractivity contribution in [3.05, 3.63) is 29.8 Å². The Morgan fingerprint density at radius 1 is 0.872 bits per heavy atom. The number of primary amides is 1. The summed E-state index contributed by atoms with van der Waals surface area (Å²) in [7, 11) is 0. The molecule has 13 heteroatoms. The Morgan fingerprint density at radius 3 is 1.97 bits per heavy atom. The zero-order valence-corrected chi connectivity index (χ0v) is 22.5. The van der Waals surface area contributed by atoms with Gasteiger partial charge in [-0.3, -0.25) is 19.2 Å². The summed E-state index contributed by atoms with van der Waals surface area (Å²) >= 11 is 0. The lowest BCUT2D eigenvalue weighted by Crippen LogP contribution is -2.58. The third-order valence-electron chi connectivity index (χ3n) is 6.44. The number of aromatic hydroxyl groups is 1. The molecule has 0 saturated heterocycles. The molecule has 0 radical (unpaired) electrons. The van der Waals surface area contributed by atoms with E-state index >= 15 is 0 Å². The van der Waals surface area contributed by atoms with Crippen LogP contribution < -0.4 is 33.2 Å². The van der Waals surface area contributed by atoms with E-state index in [9.17, 15) is 34.2 Å². The molecule has 0 aromatic heterocycles. The second-order valence-electron chi connectivity index (χ2n) is 9.59. The molecule has 5 atom stereocenters. The molecular weight excluding hydrogens is 508 g/mol. The fourth-order valence-electron chi connectivity index (χ4n) is 3.71. The maximum Gasteiger partial charge on any atom is 0.326 e. The summed E-state index contributed by atoms with van der Waals surface area (Å²) in [5.41, 5.74) is 17.3. The first-order valence-corrected chi connectivity index (χ1v) is 13.0. The van der Waals surface area contributed by atoms with Crippen LogP contribution in [0.2, 0.25) is 0 Å². The lowest BCUT2D eigenvalue weighted by atomic mass is 9.98. The van der Waals surface area contributed by atoms with Crippen molar-refractivity contribution in [1.82, 2.24) is 16.0 Å². The van der Waals surface area contributed by atoms with Crippen molar-refractivity contribution in [3.63, 3.8) is 0 Å². The number of carbonyl (C=O) groups excluding carboxylic acids is 4. The van der Waals surface area contributed by atoms with Crippen molar-refractivity contribution in [3.8, 4) is 5.75 Å². The summed E-state index contributed by atoms with van der Waals surface area (Å²) in [5.74, 6) is -4.22. The topological polar surface area (TPSA) is 240 Å². The number of nitrogens with two attached hydrogens (primary N) is 3. The van der Waals surface area contributed by atoms with Crippen LogP contribution in [0.15, 0.2) is 24.3 Å². The van der Waals surface area contributed by atoms with Gasteiger partial charge < -0.3 is 43.4 Å². The van der Waals surface area contributed by atoms with Crippen LogP contribution in [0.25, 0.3) is 0 Å². The summed E-state index contributed by atoms with van der Waals surface area (Å²) in [6.07, 6.45) is 1.42. The molecule has 0 aliphatic rings. The number of carboxylic acids is 1. The smallest absolute Gasteiger partial charge is 0.326 e. The van der Waals surface area contributed by atoms with E-state index in [2.05, 4.69) is 16.0 Å². The van der Waals surface area contributed by atoms with Crippen LogP contribution in [0.3, 0.4) is 0 Å². The zero-order chi connectivity index (χ0) is 29.5. The summed E-state index contributed by atoms with van der Waals surface area (Å²) in [4.78, 5) is 62.3. The maximum absolute atomic E-state index is 13.3. The second-order valence-corrected chi connectivity index (χ2v) is 9.59. The van der Waals surface area contributed by atoms with Crippen LogP contribution in [0, 0.1) is 5.92 Å². The minimum absolute atomic E-state index is 0.00139. The van der Waals surface area contributed by atoms with Crippen LogP contribution in [0.4, 0.5) is 0 Å². The SMILES string of the molecule is CCC(C)C(N)C(=O)NC(CCC(N)=O)C(=O)NC(Cc1ccc(O)cc1)C(=O)NC(CCCCN)C(=O)O. The van der Waals surface area contributed by atoms with Crippen molar-refractivity contribution < 1.29 is 34.2 Å². The molecule has 4 amide bonds. The third-order valence-corrected chi connectivity index (χ3v) is 6.44. The Hall–Kier alpha value is -3.71. The van der Waals surface area contributed by atoms with Gasteiger partial charge in [0.1, 0.15) is 23.9 Å². The van der Waals surface area contributed by atoms with E-state index < -0.39 is 53.8 Å². The van der Waals surface area contributed by atoms with Crippen molar-refractivity contribution in [2.45, 2.75) is 83.0 Å². The number of carboxylic acid groups (broad SMARTS) is 1. The highest BCUT2D eigenvalue weighted by Gasteiger charge is 2.31. The van der Waals surface area contributed by atoms with Gasteiger partial charge in [0.05, 0.1) is 6.04 Å². The number of amides is 4. The number of unbranched alkanes of at least 4 members (excludes halogenated alkanes) is 1. The molecule has 0 aliphatic heterocycles. The Kier molecular flexibility index (Phi) is 14.5. The maximum atomic E-state index is 13.3. The summed E-state index contributed by atoms with van der Waals surface area (Å²) in [5, 5.41) is 26.7. The van der Waals surface area contributed by atoms with Gasteiger partial charge in [-0.05, 0) is 55.8 Å². The molecule has 218 valence electrons. The fraction of sp³-hybridized carbons (Fsp3) is 0.577. The van der Waals surface area contributed by atoms with Crippen molar-refractivity contribution in [2.75, 3.05) is 6.54 Å². The molecule has 13 nitrogen and oxygen atoms in total. The summed E-state index contributed by atoms with van der Waals surface area (Å²) < 4.78 is 0. The number of rotatable bonds is 18. The molecular formula is C26H42N6O7. The molecule has 1 rings (SSSR count). The largest absolute Gasteiger partial charge is 0.508 e. The molecule has 0 bridgehead atoms. The number of phenols is 1. The summed E-state index contributed by atoms with van der Waals surface area (Å²) in [6.45, 7) is 4.02. The average molecular weight is 551 g/mol. The fourth-order valence-corrected chi connectivity index (χ4v) is 3.71. The Balaban J connectivity index is 3.18. The zero-order valence-electron chi connectivity index (χ0n) is 22.5. The highest BCUT2D eigenvalue weighted by atomic mass is 16.4. The first-order chi connectivity index (χ1) is 18.4. The molecule has 0 aliphatic carbocycles. The van der Waals surface area contributed by atoms with E-state index in [1.165, 1.54) is 12.1 Å². The lowest BCUT2D eigenvalue weighted by Gasteiger charge is -2.26. The van der Waals surface area contributed by atoms with Gasteiger partial charge in [0.2, 0.25) is 23.6 Å². The average Bonchev–Trinajstić information content (AvgIpc) is 2.89. The number of aliphatic carboxylic acids is 1. The van der Waals surface area contributed by atoms with Gasteiger partial charge in [0, 0.05) is 12.8 Å². The second kappa shape index (κ2) is 17.0. The Labute approximate surface area is 228 Å². The Bertz CT molecular complexity index is 972. The van der Waals surface area contributed by atoms with Gasteiger partial charge in [-0.25, -0.2) is 4.79 Å². The molecule has 5 unspecified atom stereocenters. The highest BCUT2D eigenvalue weighted by molar-refractivity contribution is 5.94. The molecule has 0 spiro atoms. The monoisotopic (exact) mass is 550 g/mol. The van der Waals surface area contributed by atoms with E-state index in [4.69, 9.17) is 17.2 Å². The van der Waals surface area contributed by atoms with E-state index in [1.54, 1.807) is 19.1 Å². The van der Waals surface area contributed by atoms with Gasteiger partial charge in [-0.2, -0.15) is 0 Å². The van der Waals surface area contributed by atoms with Crippen LogP contribution >= 0.6 is 0 Å². The van der Waals surface area contributed by atoms with E-state index in [0.29, 0.717) is 31.4 Å². The highest BCUT2D eigenvalue weighted by Crippen LogP contribution is 2.13. The molecule has 39 heavy (non-hydrogen) atoms. The van der Waals surface area contributed by atoms with Crippen LogP contribution in [-0.4, -0.2) is 70.5 Å². The van der Waals surface area contributed by atoms with Crippen LogP contribution in [-0.2, 0) is 30.4 Å². The number of hydrogen-bond acceptors (Lipinski definition) is 8. The standard InChI is InChI=1S/C26H42N6O7/c1-3-15(2)22(29)25(37)30-18(11-12-21(28)34)23(35)32-20(14-16-7-9-17(33)10-8-16)24(36)31-19(26(38)39)6-4-5-13-27/h7-10,15,18-20,22,33H,3-6,11-14,27,29H2,1-2H3,(H2,28,34)(H,30,37)(H,31,36)(H,32,35)(H,38,39). The van der Waals surface area contributed by atoms with Gasteiger partial charge in [-0.1, -0.05) is 32.4 Å². The van der Waals surface area contributed by atoms with E-state index in [0.717, 1.165) is 0 Å². The molecule has 0 heterocycles. The van der Waals surface area contributed by atoms with Crippen molar-refractivity contribution in [1.29, 1.82) is 0 Å². The third kappa shape index (κ3) is 12.1. The number of phenolic OH excluding ortho intramolecular Hbond substituents is 1. The number of carbonyl (C=O) groups is 5. The van der Waals surface area contributed by atoms with Crippen molar-refractivity contribution >= 4 is 29.6 Å².